The normalized spacial score (nSPS) is 13.6. The third kappa shape index (κ3) is 5.13. The van der Waals surface area contributed by atoms with Gasteiger partial charge in [0.2, 0.25) is 0 Å². The van der Waals surface area contributed by atoms with Crippen LogP contribution in [-0.4, -0.2) is 47.2 Å². The second-order valence-electron chi connectivity index (χ2n) is 7.76. The minimum atomic E-state index is -1.03. The van der Waals surface area contributed by atoms with Crippen molar-refractivity contribution in [2.45, 2.75) is 25.4 Å². The third-order valence-corrected chi connectivity index (χ3v) is 5.87. The van der Waals surface area contributed by atoms with Gasteiger partial charge in [0.15, 0.2) is 17.2 Å². The number of pyridine rings is 1. The van der Waals surface area contributed by atoms with Gasteiger partial charge in [-0.3, -0.25) is 4.79 Å². The van der Waals surface area contributed by atoms with Crippen molar-refractivity contribution < 1.29 is 24.3 Å². The predicted octanol–water partition coefficient (Wildman–Crippen LogP) is 3.92. The molecule has 0 fully saturated rings. The Morgan fingerprint density at radius 2 is 1.71 bits per heavy atom. The second kappa shape index (κ2) is 10.5. The lowest BCUT2D eigenvalue weighted by Crippen LogP contribution is -2.47. The molecular formula is C25H26ClN3O5. The molecule has 8 nitrogen and oxygen atoms in total. The summed E-state index contributed by atoms with van der Waals surface area (Å²) in [6.07, 6.45) is 1.32. The molecule has 1 aromatic heterocycles. The summed E-state index contributed by atoms with van der Waals surface area (Å²) in [6, 6.07) is 17.2. The van der Waals surface area contributed by atoms with Gasteiger partial charge in [-0.1, -0.05) is 54.1 Å². The van der Waals surface area contributed by atoms with Gasteiger partial charge in [0.05, 0.1) is 7.11 Å². The number of aromatic nitrogens is 1. The fourth-order valence-electron chi connectivity index (χ4n) is 3.46. The number of rotatable bonds is 8. The quantitative estimate of drug-likeness (QED) is 0.468. The zero-order valence-corrected chi connectivity index (χ0v) is 20.0. The van der Waals surface area contributed by atoms with Gasteiger partial charge in [0.1, 0.15) is 11.6 Å². The van der Waals surface area contributed by atoms with Crippen LogP contribution >= 0.6 is 11.6 Å². The molecule has 1 amide bonds. The van der Waals surface area contributed by atoms with Crippen LogP contribution in [0.5, 0.6) is 11.5 Å². The van der Waals surface area contributed by atoms with E-state index in [-0.39, 0.29) is 11.4 Å². The molecule has 0 radical (unpaired) electrons. The summed E-state index contributed by atoms with van der Waals surface area (Å²) in [5.74, 6) is -1.77. The molecule has 178 valence electrons. The van der Waals surface area contributed by atoms with Crippen LogP contribution in [0.4, 0.5) is 0 Å². The summed E-state index contributed by atoms with van der Waals surface area (Å²) in [4.78, 5) is 35.0. The molecule has 2 N–H and O–H groups in total. The highest BCUT2D eigenvalue weighted by molar-refractivity contribution is 6.30. The lowest BCUT2D eigenvalue weighted by molar-refractivity contribution is -0.207. The molecule has 0 saturated heterocycles. The molecule has 1 unspecified atom stereocenters. The number of benzene rings is 2. The first-order valence-corrected chi connectivity index (χ1v) is 10.9. The first-order chi connectivity index (χ1) is 16.2. The van der Waals surface area contributed by atoms with E-state index in [1.165, 1.54) is 31.4 Å². The fraction of sp³-hybridized carbons (Fsp3) is 0.240. The van der Waals surface area contributed by atoms with E-state index in [0.717, 1.165) is 11.1 Å². The number of hydrogen-bond acceptors (Lipinski definition) is 7. The molecule has 3 rings (SSSR count). The van der Waals surface area contributed by atoms with Gasteiger partial charge in [-0.25, -0.2) is 9.78 Å². The van der Waals surface area contributed by atoms with E-state index in [1.54, 1.807) is 19.2 Å². The Bertz CT molecular complexity index is 1160. The van der Waals surface area contributed by atoms with E-state index in [4.69, 9.17) is 21.2 Å². The highest BCUT2D eigenvalue weighted by Gasteiger charge is 2.37. The minimum Gasteiger partial charge on any atom is -0.503 e. The highest BCUT2D eigenvalue weighted by atomic mass is 35.5. The van der Waals surface area contributed by atoms with Gasteiger partial charge in [0, 0.05) is 24.3 Å². The standard InChI is InChI=1S/C25H26ClN3O5/c1-16(28-23(31)21-22(30)20(33-4)14-15-27-21)24(32)34-29(3)25(2,17-8-6-5-7-9-17)18-10-12-19(26)13-11-18/h5-16,30H,1-4H3,(H,28,31)/t16-,25?/m0/s1. The van der Waals surface area contributed by atoms with Crippen molar-refractivity contribution in [3.8, 4) is 11.5 Å². The van der Waals surface area contributed by atoms with Crippen molar-refractivity contribution >= 4 is 23.5 Å². The minimum absolute atomic E-state index is 0.0942. The Morgan fingerprint density at radius 1 is 1.09 bits per heavy atom. The number of nitrogens with one attached hydrogen (secondary N) is 1. The Kier molecular flexibility index (Phi) is 7.75. The van der Waals surface area contributed by atoms with Crippen molar-refractivity contribution in [3.05, 3.63) is 88.7 Å². The Balaban J connectivity index is 1.80. The number of halogens is 1. The first-order valence-electron chi connectivity index (χ1n) is 10.5. The van der Waals surface area contributed by atoms with Crippen molar-refractivity contribution in [2.24, 2.45) is 0 Å². The largest absolute Gasteiger partial charge is 0.503 e. The van der Waals surface area contributed by atoms with Crippen molar-refractivity contribution in [1.29, 1.82) is 0 Å². The third-order valence-electron chi connectivity index (χ3n) is 5.62. The number of hydrogen-bond donors (Lipinski definition) is 2. The number of nitrogens with zero attached hydrogens (tertiary/aromatic N) is 2. The van der Waals surface area contributed by atoms with Crippen molar-refractivity contribution in [1.82, 2.24) is 15.4 Å². The molecule has 0 bridgehead atoms. The van der Waals surface area contributed by atoms with Crippen LogP contribution in [0.15, 0.2) is 66.9 Å². The van der Waals surface area contributed by atoms with E-state index >= 15 is 0 Å². The monoisotopic (exact) mass is 483 g/mol. The summed E-state index contributed by atoms with van der Waals surface area (Å²) in [5, 5.41) is 14.7. The maximum Gasteiger partial charge on any atom is 0.347 e. The average molecular weight is 484 g/mol. The van der Waals surface area contributed by atoms with Crippen LogP contribution in [-0.2, 0) is 15.2 Å². The SMILES string of the molecule is COc1ccnc(C(=O)N[C@@H](C)C(=O)ON(C)C(C)(c2ccccc2)c2ccc(Cl)cc2)c1O. The van der Waals surface area contributed by atoms with Crippen LogP contribution in [0, 0.1) is 0 Å². The molecule has 0 saturated carbocycles. The Labute approximate surface area is 203 Å². The summed E-state index contributed by atoms with van der Waals surface area (Å²) in [5.41, 5.74) is 0.621. The Morgan fingerprint density at radius 3 is 2.32 bits per heavy atom. The molecule has 0 aliphatic heterocycles. The lowest BCUT2D eigenvalue weighted by atomic mass is 9.84. The predicted molar refractivity (Wildman–Crippen MR) is 128 cm³/mol. The number of amides is 1. The molecular weight excluding hydrogens is 458 g/mol. The van der Waals surface area contributed by atoms with Gasteiger partial charge in [-0.2, -0.15) is 0 Å². The maximum atomic E-state index is 12.9. The van der Waals surface area contributed by atoms with E-state index in [0.29, 0.717) is 5.02 Å². The van der Waals surface area contributed by atoms with Gasteiger partial charge in [-0.05, 0) is 37.1 Å². The van der Waals surface area contributed by atoms with E-state index in [2.05, 4.69) is 10.3 Å². The number of hydroxylamine groups is 2. The summed E-state index contributed by atoms with van der Waals surface area (Å²) in [6.45, 7) is 3.40. The molecule has 2 aromatic carbocycles. The summed E-state index contributed by atoms with van der Waals surface area (Å²) >= 11 is 6.07. The molecule has 2 atom stereocenters. The number of methoxy groups -OCH3 is 1. The molecule has 1 heterocycles. The van der Waals surface area contributed by atoms with Crippen LogP contribution in [0.2, 0.25) is 5.02 Å². The topological polar surface area (TPSA) is 101 Å². The maximum absolute atomic E-state index is 12.9. The van der Waals surface area contributed by atoms with Crippen LogP contribution in [0.25, 0.3) is 0 Å². The number of carbonyl (C=O) groups excluding carboxylic acids is 2. The lowest BCUT2D eigenvalue weighted by Gasteiger charge is -2.38. The van der Waals surface area contributed by atoms with Crippen LogP contribution in [0.1, 0.15) is 35.5 Å². The van der Waals surface area contributed by atoms with Crippen molar-refractivity contribution in [2.75, 3.05) is 14.2 Å². The first kappa shape index (κ1) is 25.0. The molecule has 0 spiro atoms. The van der Waals surface area contributed by atoms with Gasteiger partial charge in [-0.15, -0.1) is 5.06 Å². The van der Waals surface area contributed by atoms with Crippen LogP contribution in [0.3, 0.4) is 0 Å². The van der Waals surface area contributed by atoms with Crippen LogP contribution < -0.4 is 10.1 Å². The number of carbonyl (C=O) groups is 2. The molecule has 0 aliphatic carbocycles. The van der Waals surface area contributed by atoms with Crippen molar-refractivity contribution in [3.63, 3.8) is 0 Å². The van der Waals surface area contributed by atoms with Gasteiger partial charge >= 0.3 is 5.97 Å². The highest BCUT2D eigenvalue weighted by Crippen LogP contribution is 2.35. The summed E-state index contributed by atoms with van der Waals surface area (Å²) < 4.78 is 4.99. The van der Waals surface area contributed by atoms with Gasteiger partial charge in [0.25, 0.3) is 5.91 Å². The second-order valence-corrected chi connectivity index (χ2v) is 8.19. The molecule has 9 heteroatoms. The molecule has 0 aliphatic rings. The summed E-state index contributed by atoms with van der Waals surface area (Å²) in [7, 11) is 3.00. The average Bonchev–Trinajstić information content (AvgIpc) is 2.84. The zero-order chi connectivity index (χ0) is 24.9. The number of ether oxygens (including phenoxy) is 1. The fourth-order valence-corrected chi connectivity index (χ4v) is 3.59. The zero-order valence-electron chi connectivity index (χ0n) is 19.3. The smallest absolute Gasteiger partial charge is 0.347 e. The molecule has 34 heavy (non-hydrogen) atoms. The van der Waals surface area contributed by atoms with E-state index < -0.39 is 29.2 Å². The van der Waals surface area contributed by atoms with E-state index in [1.807, 2.05) is 49.4 Å². The molecule has 3 aromatic rings. The van der Waals surface area contributed by atoms with Gasteiger partial charge < -0.3 is 20.0 Å². The van der Waals surface area contributed by atoms with E-state index in [9.17, 15) is 14.7 Å². The Hall–Kier alpha value is -3.62. The number of aromatic hydroxyl groups is 1.